The highest BCUT2D eigenvalue weighted by Crippen LogP contribution is 2.22. The molecule has 3 unspecified atom stereocenters. The Morgan fingerprint density at radius 3 is 2.94 bits per heavy atom. The Kier molecular flexibility index (Phi) is 5.77. The summed E-state index contributed by atoms with van der Waals surface area (Å²) in [5, 5.41) is 12.2. The Balaban J connectivity index is 2.19. The third-order valence-corrected chi connectivity index (χ3v) is 3.33. The number of carbonyl (C=O) groups is 1. The van der Waals surface area contributed by atoms with Crippen molar-refractivity contribution in [3.63, 3.8) is 0 Å². The maximum absolute atomic E-state index is 11.8. The molecule has 4 nitrogen and oxygen atoms in total. The number of aliphatic hydroxyl groups excluding tert-OH is 1. The molecule has 0 spiro atoms. The molecule has 4 heteroatoms. The summed E-state index contributed by atoms with van der Waals surface area (Å²) in [5.74, 6) is 0.195. The van der Waals surface area contributed by atoms with E-state index in [2.05, 4.69) is 5.32 Å². The summed E-state index contributed by atoms with van der Waals surface area (Å²) in [6.07, 6.45) is 4.94. The molecule has 0 aromatic carbocycles. The maximum Gasteiger partial charge on any atom is 0.223 e. The van der Waals surface area contributed by atoms with Crippen molar-refractivity contribution in [2.75, 3.05) is 6.54 Å². The van der Waals surface area contributed by atoms with Crippen molar-refractivity contribution in [3.05, 3.63) is 0 Å². The van der Waals surface area contributed by atoms with Crippen molar-refractivity contribution in [1.29, 1.82) is 0 Å². The standard InChI is InChI=1S/C12H24N2O2/c1-2-11(15)6-7-14-12(16)9-4-3-5-10(13)8-9/h9-11,15H,2-8,13H2,1H3,(H,14,16). The van der Waals surface area contributed by atoms with E-state index >= 15 is 0 Å². The number of amides is 1. The first-order valence-corrected chi connectivity index (χ1v) is 6.34. The molecular formula is C12H24N2O2. The number of nitrogens with one attached hydrogen (secondary N) is 1. The van der Waals surface area contributed by atoms with E-state index < -0.39 is 0 Å². The Labute approximate surface area is 97.6 Å². The van der Waals surface area contributed by atoms with Gasteiger partial charge < -0.3 is 16.2 Å². The summed E-state index contributed by atoms with van der Waals surface area (Å²) in [5.41, 5.74) is 5.84. The highest BCUT2D eigenvalue weighted by atomic mass is 16.3. The van der Waals surface area contributed by atoms with Crippen LogP contribution in [0, 0.1) is 5.92 Å². The van der Waals surface area contributed by atoms with Gasteiger partial charge in [0, 0.05) is 18.5 Å². The first-order chi connectivity index (χ1) is 7.63. The fourth-order valence-corrected chi connectivity index (χ4v) is 2.18. The van der Waals surface area contributed by atoms with Gasteiger partial charge in [0.25, 0.3) is 0 Å². The average Bonchev–Trinajstić information content (AvgIpc) is 2.28. The van der Waals surface area contributed by atoms with E-state index in [1.54, 1.807) is 0 Å². The fourth-order valence-electron chi connectivity index (χ4n) is 2.18. The van der Waals surface area contributed by atoms with Crippen LogP contribution in [-0.2, 0) is 4.79 Å². The van der Waals surface area contributed by atoms with Gasteiger partial charge >= 0.3 is 0 Å². The lowest BCUT2D eigenvalue weighted by molar-refractivity contribution is -0.126. The normalized spacial score (nSPS) is 27.4. The fraction of sp³-hybridized carbons (Fsp3) is 0.917. The smallest absolute Gasteiger partial charge is 0.223 e. The molecule has 0 aliphatic heterocycles. The number of nitrogens with two attached hydrogens (primary N) is 1. The van der Waals surface area contributed by atoms with Crippen molar-refractivity contribution < 1.29 is 9.90 Å². The molecule has 0 saturated heterocycles. The maximum atomic E-state index is 11.8. The van der Waals surface area contributed by atoms with Gasteiger partial charge in [0.2, 0.25) is 5.91 Å². The molecule has 1 amide bonds. The Morgan fingerprint density at radius 2 is 2.31 bits per heavy atom. The minimum Gasteiger partial charge on any atom is -0.393 e. The molecule has 0 heterocycles. The van der Waals surface area contributed by atoms with Gasteiger partial charge in [-0.05, 0) is 32.1 Å². The topological polar surface area (TPSA) is 75.3 Å². The van der Waals surface area contributed by atoms with E-state index in [0.29, 0.717) is 13.0 Å². The number of aliphatic hydroxyl groups is 1. The second-order valence-electron chi connectivity index (χ2n) is 4.77. The molecule has 1 rings (SSSR count). The van der Waals surface area contributed by atoms with E-state index in [1.165, 1.54) is 0 Å². The predicted octanol–water partition coefficient (Wildman–Crippen LogP) is 0.781. The van der Waals surface area contributed by atoms with Crippen molar-refractivity contribution >= 4 is 5.91 Å². The van der Waals surface area contributed by atoms with Crippen LogP contribution in [-0.4, -0.2) is 29.7 Å². The number of carbonyl (C=O) groups excluding carboxylic acids is 1. The Morgan fingerprint density at radius 1 is 1.56 bits per heavy atom. The largest absolute Gasteiger partial charge is 0.393 e. The molecule has 4 N–H and O–H groups in total. The molecule has 1 fully saturated rings. The quantitative estimate of drug-likeness (QED) is 0.651. The van der Waals surface area contributed by atoms with E-state index in [9.17, 15) is 9.90 Å². The molecule has 0 radical (unpaired) electrons. The lowest BCUT2D eigenvalue weighted by Gasteiger charge is -2.25. The molecule has 1 aliphatic carbocycles. The van der Waals surface area contributed by atoms with Crippen LogP contribution in [0.1, 0.15) is 45.4 Å². The number of hydrogen-bond donors (Lipinski definition) is 3. The monoisotopic (exact) mass is 228 g/mol. The van der Waals surface area contributed by atoms with Crippen molar-refractivity contribution in [1.82, 2.24) is 5.32 Å². The van der Waals surface area contributed by atoms with E-state index in [4.69, 9.17) is 5.73 Å². The minimum absolute atomic E-state index is 0.0857. The first kappa shape index (κ1) is 13.5. The zero-order chi connectivity index (χ0) is 12.0. The van der Waals surface area contributed by atoms with Crippen LogP contribution in [0.25, 0.3) is 0 Å². The third-order valence-electron chi connectivity index (χ3n) is 3.33. The van der Waals surface area contributed by atoms with Gasteiger partial charge in [0.05, 0.1) is 6.10 Å². The van der Waals surface area contributed by atoms with Crippen LogP contribution < -0.4 is 11.1 Å². The van der Waals surface area contributed by atoms with Crippen LogP contribution in [0.15, 0.2) is 0 Å². The van der Waals surface area contributed by atoms with Gasteiger partial charge in [0.1, 0.15) is 0 Å². The van der Waals surface area contributed by atoms with E-state index in [0.717, 1.165) is 32.1 Å². The van der Waals surface area contributed by atoms with E-state index in [1.807, 2.05) is 6.92 Å². The van der Waals surface area contributed by atoms with Crippen molar-refractivity contribution in [2.45, 2.75) is 57.6 Å². The van der Waals surface area contributed by atoms with Crippen LogP contribution in [0.5, 0.6) is 0 Å². The summed E-state index contributed by atoms with van der Waals surface area (Å²) in [7, 11) is 0. The van der Waals surface area contributed by atoms with Crippen LogP contribution in [0.3, 0.4) is 0 Å². The molecule has 0 aromatic rings. The highest BCUT2D eigenvalue weighted by molar-refractivity contribution is 5.78. The SMILES string of the molecule is CCC(O)CCNC(=O)C1CCCC(N)C1. The Hall–Kier alpha value is -0.610. The van der Waals surface area contributed by atoms with Gasteiger partial charge in [-0.25, -0.2) is 0 Å². The zero-order valence-corrected chi connectivity index (χ0v) is 10.1. The molecule has 1 aliphatic rings. The van der Waals surface area contributed by atoms with Gasteiger partial charge in [-0.2, -0.15) is 0 Å². The second-order valence-corrected chi connectivity index (χ2v) is 4.77. The van der Waals surface area contributed by atoms with E-state index in [-0.39, 0.29) is 24.0 Å². The molecule has 3 atom stereocenters. The predicted molar refractivity (Wildman–Crippen MR) is 63.9 cm³/mol. The molecule has 0 bridgehead atoms. The first-order valence-electron chi connectivity index (χ1n) is 6.34. The summed E-state index contributed by atoms with van der Waals surface area (Å²) >= 11 is 0. The van der Waals surface area contributed by atoms with Crippen LogP contribution in [0.2, 0.25) is 0 Å². The Bertz CT molecular complexity index is 221. The van der Waals surface area contributed by atoms with Gasteiger partial charge in [-0.1, -0.05) is 13.3 Å². The second kappa shape index (κ2) is 6.86. The lowest BCUT2D eigenvalue weighted by Crippen LogP contribution is -2.38. The molecule has 1 saturated carbocycles. The minimum atomic E-state index is -0.297. The van der Waals surface area contributed by atoms with Gasteiger partial charge in [0.15, 0.2) is 0 Å². The molecule has 0 aromatic heterocycles. The molecule has 16 heavy (non-hydrogen) atoms. The average molecular weight is 228 g/mol. The van der Waals surface area contributed by atoms with Crippen molar-refractivity contribution in [2.24, 2.45) is 11.7 Å². The zero-order valence-electron chi connectivity index (χ0n) is 10.1. The summed E-state index contributed by atoms with van der Waals surface area (Å²) in [4.78, 5) is 11.8. The summed E-state index contributed by atoms with van der Waals surface area (Å²) in [6, 6.07) is 0.186. The number of hydrogen-bond acceptors (Lipinski definition) is 3. The number of rotatable bonds is 5. The lowest BCUT2D eigenvalue weighted by atomic mass is 9.85. The third kappa shape index (κ3) is 4.49. The van der Waals surface area contributed by atoms with Crippen LogP contribution in [0.4, 0.5) is 0 Å². The molecular weight excluding hydrogens is 204 g/mol. The summed E-state index contributed by atoms with van der Waals surface area (Å²) < 4.78 is 0. The van der Waals surface area contributed by atoms with Crippen molar-refractivity contribution in [3.8, 4) is 0 Å². The van der Waals surface area contributed by atoms with Gasteiger partial charge in [-0.15, -0.1) is 0 Å². The highest BCUT2D eigenvalue weighted by Gasteiger charge is 2.24. The molecule has 94 valence electrons. The summed E-state index contributed by atoms with van der Waals surface area (Å²) in [6.45, 7) is 2.51. The van der Waals surface area contributed by atoms with Gasteiger partial charge in [-0.3, -0.25) is 4.79 Å². The van der Waals surface area contributed by atoms with Crippen LogP contribution >= 0.6 is 0 Å².